The molecule has 0 heterocycles. The zero-order chi connectivity index (χ0) is 31.5. The molecule has 4 aliphatic rings. The summed E-state index contributed by atoms with van der Waals surface area (Å²) in [5, 5.41) is 20.9. The molecule has 0 bridgehead atoms. The number of ether oxygens (including phenoxy) is 2. The molecule has 0 saturated heterocycles. The Balaban J connectivity index is 1.37. The van der Waals surface area contributed by atoms with E-state index in [4.69, 9.17) is 9.47 Å². The van der Waals surface area contributed by atoms with E-state index in [0.29, 0.717) is 18.4 Å². The molecule has 0 aliphatic heterocycles. The zero-order valence-corrected chi connectivity index (χ0v) is 25.1. The summed E-state index contributed by atoms with van der Waals surface area (Å²) in [5.74, 6) is -3.11. The molecule has 6 rings (SSSR count). The number of rotatable bonds is 5. The molecule has 3 saturated carbocycles. The van der Waals surface area contributed by atoms with Gasteiger partial charge in [0.25, 0.3) is 0 Å². The van der Waals surface area contributed by atoms with Gasteiger partial charge in [-0.25, -0.2) is 14.0 Å². The summed E-state index contributed by atoms with van der Waals surface area (Å²) < 4.78 is 29.2. The first-order valence-corrected chi connectivity index (χ1v) is 15.2. The highest BCUT2D eigenvalue weighted by atomic mass is 19.1. The van der Waals surface area contributed by atoms with Gasteiger partial charge in [-0.2, -0.15) is 5.26 Å². The van der Waals surface area contributed by atoms with Crippen molar-refractivity contribution in [1.29, 1.82) is 5.26 Å². The van der Waals surface area contributed by atoms with E-state index in [9.17, 15) is 24.8 Å². The quantitative estimate of drug-likeness (QED) is 0.425. The van der Waals surface area contributed by atoms with E-state index in [1.54, 1.807) is 50.3 Å². The summed E-state index contributed by atoms with van der Waals surface area (Å²) in [7, 11) is 0. The molecular weight excluding hydrogens is 561 g/mol. The minimum atomic E-state index is -2.11. The number of alkyl halides is 1. The Morgan fingerprint density at radius 1 is 1.07 bits per heavy atom. The lowest BCUT2D eigenvalue weighted by Crippen LogP contribution is -2.70. The van der Waals surface area contributed by atoms with Gasteiger partial charge < -0.3 is 14.6 Å². The second-order valence-corrected chi connectivity index (χ2v) is 13.2. The first-order valence-electron chi connectivity index (χ1n) is 15.2. The van der Waals surface area contributed by atoms with E-state index in [-0.39, 0.29) is 30.1 Å². The fourth-order valence-electron chi connectivity index (χ4n) is 8.99. The van der Waals surface area contributed by atoms with Crippen LogP contribution in [0.2, 0.25) is 0 Å². The van der Waals surface area contributed by atoms with Gasteiger partial charge in [-0.15, -0.1) is 0 Å². The van der Waals surface area contributed by atoms with Crippen LogP contribution in [-0.2, 0) is 19.1 Å². The molecule has 8 atom stereocenters. The van der Waals surface area contributed by atoms with Crippen LogP contribution in [0.25, 0.3) is 11.1 Å². The van der Waals surface area contributed by atoms with Gasteiger partial charge in [0.15, 0.2) is 18.1 Å². The number of fused-ring (bicyclic) bond motifs is 5. The molecule has 8 heteroatoms. The fraction of sp³-hybridized carbons (Fsp3) is 0.444. The number of aliphatic hydroxyl groups is 1. The number of carbonyl (C=O) groups excluding carboxylic acids is 3. The lowest BCUT2D eigenvalue weighted by atomic mass is 9.43. The van der Waals surface area contributed by atoms with E-state index in [0.717, 1.165) is 11.1 Å². The number of benzene rings is 2. The van der Waals surface area contributed by atoms with Crippen molar-refractivity contribution in [3.8, 4) is 17.2 Å². The molecule has 4 aliphatic carbocycles. The number of hydrogen-bond donors (Lipinski definition) is 1. The smallest absolute Gasteiger partial charge is 0.352 e. The SMILES string of the molecule is CC1CC2C3CCC(OC(=O)c4ccc(-c5ccccc5)cc4)(C(=O)OCC#N)C3(C)CC(O)C2(F)C2(C)C=CC(=O)C=C12. The highest BCUT2D eigenvalue weighted by molar-refractivity contribution is 6.01. The van der Waals surface area contributed by atoms with Crippen molar-refractivity contribution in [3.63, 3.8) is 0 Å². The summed E-state index contributed by atoms with van der Waals surface area (Å²) >= 11 is 0. The molecule has 1 N–H and O–H groups in total. The fourth-order valence-corrected chi connectivity index (χ4v) is 8.99. The van der Waals surface area contributed by atoms with Gasteiger partial charge in [-0.05, 0) is 79.9 Å². The van der Waals surface area contributed by atoms with Gasteiger partial charge in [0.05, 0.1) is 11.7 Å². The minimum Gasteiger partial charge on any atom is -0.447 e. The molecule has 0 radical (unpaired) electrons. The molecular formula is C36H36FNO6. The number of halogens is 1. The Kier molecular flexibility index (Phi) is 7.16. The molecule has 2 aromatic carbocycles. The summed E-state index contributed by atoms with van der Waals surface area (Å²) in [4.78, 5) is 39.8. The molecule has 44 heavy (non-hydrogen) atoms. The Bertz CT molecular complexity index is 1610. The summed E-state index contributed by atoms with van der Waals surface area (Å²) in [5.41, 5.74) is -3.59. The third-order valence-corrected chi connectivity index (χ3v) is 11.2. The normalized spacial score (nSPS) is 37.1. The molecule has 7 nitrogen and oxygen atoms in total. The lowest BCUT2D eigenvalue weighted by Gasteiger charge is -2.63. The molecule has 0 amide bonds. The number of esters is 2. The Labute approximate surface area is 256 Å². The second-order valence-electron chi connectivity index (χ2n) is 13.2. The van der Waals surface area contributed by atoms with Crippen LogP contribution >= 0.6 is 0 Å². The van der Waals surface area contributed by atoms with Crippen LogP contribution in [0.1, 0.15) is 56.8 Å². The van der Waals surface area contributed by atoms with E-state index in [1.165, 1.54) is 12.2 Å². The van der Waals surface area contributed by atoms with E-state index in [1.807, 2.05) is 37.3 Å². The van der Waals surface area contributed by atoms with Crippen molar-refractivity contribution >= 4 is 17.7 Å². The predicted molar refractivity (Wildman–Crippen MR) is 159 cm³/mol. The standard InChI is InChI=1S/C36H36FNO6/c1-22-19-29-27-14-16-35(32(42)43-18-17-38,44-31(41)25-11-9-24(10-12-25)23-7-5-4-6-8-23)34(27,3)21-30(40)36(29,37)33(2)15-13-26(39)20-28(22)33/h4-13,15,20,22,27,29-30,40H,14,16,18-19,21H2,1-3H3. The molecule has 2 aromatic rings. The Morgan fingerprint density at radius 2 is 1.75 bits per heavy atom. The maximum Gasteiger partial charge on any atom is 0.352 e. The largest absolute Gasteiger partial charge is 0.447 e. The van der Waals surface area contributed by atoms with Crippen molar-refractivity contribution in [2.45, 2.75) is 63.8 Å². The minimum absolute atomic E-state index is 0.0632. The molecule has 3 fully saturated rings. The summed E-state index contributed by atoms with van der Waals surface area (Å²) in [6.45, 7) is 4.92. The number of nitriles is 1. The first-order chi connectivity index (χ1) is 20.9. The van der Waals surface area contributed by atoms with Gasteiger partial charge in [0, 0.05) is 16.7 Å². The van der Waals surface area contributed by atoms with E-state index >= 15 is 4.39 Å². The zero-order valence-electron chi connectivity index (χ0n) is 25.1. The molecule has 0 spiro atoms. The van der Waals surface area contributed by atoms with Crippen LogP contribution in [0.4, 0.5) is 4.39 Å². The van der Waals surface area contributed by atoms with Crippen LogP contribution in [0.5, 0.6) is 0 Å². The number of nitrogens with zero attached hydrogens (tertiary/aromatic N) is 1. The highest BCUT2D eigenvalue weighted by Crippen LogP contribution is 2.71. The van der Waals surface area contributed by atoms with Crippen molar-refractivity contribution in [2.24, 2.45) is 28.6 Å². The third kappa shape index (κ3) is 4.12. The summed E-state index contributed by atoms with van der Waals surface area (Å²) in [6, 6.07) is 18.3. The highest BCUT2D eigenvalue weighted by Gasteiger charge is 2.76. The van der Waals surface area contributed by atoms with Crippen LogP contribution in [0, 0.1) is 39.9 Å². The monoisotopic (exact) mass is 597 g/mol. The van der Waals surface area contributed by atoms with E-state index in [2.05, 4.69) is 0 Å². The van der Waals surface area contributed by atoms with Gasteiger partial charge in [-0.3, -0.25) is 4.79 Å². The number of allylic oxidation sites excluding steroid dienone is 4. The van der Waals surface area contributed by atoms with Crippen LogP contribution in [0.3, 0.4) is 0 Å². The average Bonchev–Trinajstić information content (AvgIpc) is 3.30. The van der Waals surface area contributed by atoms with Crippen molar-refractivity contribution in [1.82, 2.24) is 0 Å². The number of hydrogen-bond acceptors (Lipinski definition) is 7. The van der Waals surface area contributed by atoms with Crippen molar-refractivity contribution in [3.05, 3.63) is 84.0 Å². The van der Waals surface area contributed by atoms with E-state index < -0.39 is 58.6 Å². The van der Waals surface area contributed by atoms with Crippen molar-refractivity contribution < 1.29 is 33.4 Å². The number of carbonyl (C=O) groups is 3. The first kappa shape index (κ1) is 30.0. The summed E-state index contributed by atoms with van der Waals surface area (Å²) in [6.07, 6.45) is 3.51. The maximum absolute atomic E-state index is 17.7. The van der Waals surface area contributed by atoms with Gasteiger partial charge in [0.1, 0.15) is 6.07 Å². The van der Waals surface area contributed by atoms with Gasteiger partial charge >= 0.3 is 11.9 Å². The second kappa shape index (κ2) is 10.5. The number of ketones is 1. The number of aliphatic hydroxyl groups excluding tert-OH is 1. The van der Waals surface area contributed by atoms with Crippen molar-refractivity contribution in [2.75, 3.05) is 6.61 Å². The average molecular weight is 598 g/mol. The van der Waals surface area contributed by atoms with Crippen LogP contribution < -0.4 is 0 Å². The van der Waals surface area contributed by atoms with Crippen LogP contribution in [0.15, 0.2) is 78.4 Å². The molecule has 8 unspecified atom stereocenters. The van der Waals surface area contributed by atoms with Crippen LogP contribution in [-0.4, -0.2) is 46.8 Å². The lowest BCUT2D eigenvalue weighted by molar-refractivity contribution is -0.227. The molecule has 228 valence electrons. The van der Waals surface area contributed by atoms with Gasteiger partial charge in [0.2, 0.25) is 5.60 Å². The topological polar surface area (TPSA) is 114 Å². The van der Waals surface area contributed by atoms with Gasteiger partial charge in [-0.1, -0.05) is 68.0 Å². The maximum atomic E-state index is 17.7. The third-order valence-electron chi connectivity index (χ3n) is 11.2. The molecule has 0 aromatic heterocycles. The Morgan fingerprint density at radius 3 is 2.43 bits per heavy atom. The predicted octanol–water partition coefficient (Wildman–Crippen LogP) is 5.93. The Hall–Kier alpha value is -4.09.